The predicted molar refractivity (Wildman–Crippen MR) is 106 cm³/mol. The van der Waals surface area contributed by atoms with Crippen LogP contribution in [-0.4, -0.2) is 33.5 Å². The maximum absolute atomic E-state index is 12.9. The van der Waals surface area contributed by atoms with Crippen LogP contribution in [-0.2, 0) is 10.0 Å². The van der Waals surface area contributed by atoms with Gasteiger partial charge in [0, 0.05) is 19.2 Å². The summed E-state index contributed by atoms with van der Waals surface area (Å²) in [6.45, 7) is 2.28. The SMILES string of the molecule is CN(c1ccccc1)S(=O)(=O)c1cccc(C(=O)NC(C)(CN)C2CC2)c1. The van der Waals surface area contributed by atoms with Gasteiger partial charge in [-0.2, -0.15) is 0 Å². The van der Waals surface area contributed by atoms with Crippen LogP contribution in [0.4, 0.5) is 5.69 Å². The number of carbonyl (C=O) groups excluding carboxylic acids is 1. The molecule has 1 aliphatic rings. The molecular weight excluding hydrogens is 362 g/mol. The van der Waals surface area contributed by atoms with Gasteiger partial charge in [0.25, 0.3) is 15.9 Å². The molecule has 1 amide bonds. The average molecular weight is 388 g/mol. The molecule has 1 fully saturated rings. The number of anilines is 1. The van der Waals surface area contributed by atoms with Gasteiger partial charge < -0.3 is 11.1 Å². The van der Waals surface area contributed by atoms with Gasteiger partial charge in [0.05, 0.1) is 16.1 Å². The zero-order valence-corrected chi connectivity index (χ0v) is 16.4. The summed E-state index contributed by atoms with van der Waals surface area (Å²) < 4.78 is 27.1. The number of hydrogen-bond donors (Lipinski definition) is 2. The van der Waals surface area contributed by atoms with E-state index < -0.39 is 15.6 Å². The number of amides is 1. The number of nitrogens with one attached hydrogen (secondary N) is 1. The summed E-state index contributed by atoms with van der Waals surface area (Å²) in [6, 6.07) is 14.9. The minimum Gasteiger partial charge on any atom is -0.345 e. The molecule has 1 unspecified atom stereocenters. The highest BCUT2D eigenvalue weighted by molar-refractivity contribution is 7.92. The highest BCUT2D eigenvalue weighted by atomic mass is 32.2. The Hall–Kier alpha value is -2.38. The van der Waals surface area contributed by atoms with Crippen molar-refractivity contribution in [1.29, 1.82) is 0 Å². The zero-order chi connectivity index (χ0) is 19.7. The van der Waals surface area contributed by atoms with Crippen molar-refractivity contribution in [2.75, 3.05) is 17.9 Å². The molecule has 3 rings (SSSR count). The molecule has 0 saturated heterocycles. The van der Waals surface area contributed by atoms with Gasteiger partial charge in [-0.25, -0.2) is 8.42 Å². The van der Waals surface area contributed by atoms with Crippen molar-refractivity contribution in [3.63, 3.8) is 0 Å². The molecule has 1 saturated carbocycles. The van der Waals surface area contributed by atoms with Gasteiger partial charge in [-0.15, -0.1) is 0 Å². The topological polar surface area (TPSA) is 92.5 Å². The van der Waals surface area contributed by atoms with E-state index in [2.05, 4.69) is 5.32 Å². The maximum atomic E-state index is 12.9. The summed E-state index contributed by atoms with van der Waals surface area (Å²) in [4.78, 5) is 12.8. The number of para-hydroxylation sites is 1. The lowest BCUT2D eigenvalue weighted by Gasteiger charge is -2.29. The molecular formula is C20H25N3O3S. The minimum atomic E-state index is -3.77. The lowest BCUT2D eigenvalue weighted by Crippen LogP contribution is -2.53. The first-order chi connectivity index (χ1) is 12.8. The van der Waals surface area contributed by atoms with E-state index in [0.717, 1.165) is 12.8 Å². The van der Waals surface area contributed by atoms with Gasteiger partial charge in [-0.05, 0) is 56.0 Å². The molecule has 144 valence electrons. The summed E-state index contributed by atoms with van der Waals surface area (Å²) >= 11 is 0. The second kappa shape index (κ2) is 7.32. The first-order valence-corrected chi connectivity index (χ1v) is 10.4. The van der Waals surface area contributed by atoms with Crippen LogP contribution in [0.5, 0.6) is 0 Å². The molecule has 0 aromatic heterocycles. The van der Waals surface area contributed by atoms with E-state index in [-0.39, 0.29) is 10.8 Å². The summed E-state index contributed by atoms with van der Waals surface area (Å²) in [5, 5.41) is 2.99. The van der Waals surface area contributed by atoms with Crippen molar-refractivity contribution < 1.29 is 13.2 Å². The molecule has 1 atom stereocenters. The fraction of sp³-hybridized carbons (Fsp3) is 0.350. The third-order valence-corrected chi connectivity index (χ3v) is 6.96. The van der Waals surface area contributed by atoms with E-state index in [9.17, 15) is 13.2 Å². The average Bonchev–Trinajstić information content (AvgIpc) is 3.54. The number of nitrogens with zero attached hydrogens (tertiary/aromatic N) is 1. The van der Waals surface area contributed by atoms with Gasteiger partial charge in [0.2, 0.25) is 0 Å². The number of rotatable bonds is 7. The summed E-state index contributed by atoms with van der Waals surface area (Å²) in [5.74, 6) is 0.0665. The van der Waals surface area contributed by atoms with E-state index in [1.54, 1.807) is 36.4 Å². The largest absolute Gasteiger partial charge is 0.345 e. The Balaban J connectivity index is 1.85. The third-order valence-electron chi connectivity index (χ3n) is 5.18. The van der Waals surface area contributed by atoms with Crippen LogP contribution in [0.1, 0.15) is 30.1 Å². The first kappa shape index (κ1) is 19.4. The first-order valence-electron chi connectivity index (χ1n) is 8.94. The van der Waals surface area contributed by atoms with E-state index >= 15 is 0 Å². The maximum Gasteiger partial charge on any atom is 0.264 e. The monoisotopic (exact) mass is 387 g/mol. The van der Waals surface area contributed by atoms with Crippen LogP contribution in [0.3, 0.4) is 0 Å². The van der Waals surface area contributed by atoms with Gasteiger partial charge >= 0.3 is 0 Å². The van der Waals surface area contributed by atoms with E-state index in [0.29, 0.717) is 23.7 Å². The fourth-order valence-electron chi connectivity index (χ4n) is 3.10. The van der Waals surface area contributed by atoms with E-state index in [4.69, 9.17) is 5.73 Å². The smallest absolute Gasteiger partial charge is 0.264 e. The molecule has 0 spiro atoms. The van der Waals surface area contributed by atoms with Crippen LogP contribution in [0, 0.1) is 5.92 Å². The van der Waals surface area contributed by atoms with Crippen molar-refractivity contribution in [3.05, 3.63) is 60.2 Å². The quantitative estimate of drug-likeness (QED) is 0.763. The Morgan fingerprint density at radius 2 is 1.85 bits per heavy atom. The Kier molecular flexibility index (Phi) is 5.26. The van der Waals surface area contributed by atoms with Gasteiger partial charge in [-0.3, -0.25) is 9.10 Å². The lowest BCUT2D eigenvalue weighted by atomic mass is 9.95. The van der Waals surface area contributed by atoms with Gasteiger partial charge in [-0.1, -0.05) is 24.3 Å². The minimum absolute atomic E-state index is 0.0716. The Labute approximate surface area is 160 Å². The normalized spacial score (nSPS) is 16.4. The molecule has 3 N–H and O–H groups in total. The van der Waals surface area contributed by atoms with E-state index in [1.165, 1.54) is 23.5 Å². The van der Waals surface area contributed by atoms with E-state index in [1.807, 2.05) is 13.0 Å². The van der Waals surface area contributed by atoms with Gasteiger partial charge in [0.1, 0.15) is 0 Å². The van der Waals surface area contributed by atoms with Crippen LogP contribution < -0.4 is 15.4 Å². The zero-order valence-electron chi connectivity index (χ0n) is 15.6. The van der Waals surface area contributed by atoms with Crippen molar-refractivity contribution in [2.24, 2.45) is 11.7 Å². The Morgan fingerprint density at radius 3 is 2.44 bits per heavy atom. The molecule has 0 bridgehead atoms. The van der Waals surface area contributed by atoms with Crippen LogP contribution in [0.2, 0.25) is 0 Å². The highest BCUT2D eigenvalue weighted by Crippen LogP contribution is 2.39. The Morgan fingerprint density at radius 1 is 1.19 bits per heavy atom. The van der Waals surface area contributed by atoms with Crippen molar-refractivity contribution in [1.82, 2.24) is 5.32 Å². The fourth-order valence-corrected chi connectivity index (χ4v) is 4.35. The van der Waals surface area contributed by atoms with Crippen LogP contribution >= 0.6 is 0 Å². The third kappa shape index (κ3) is 3.99. The van der Waals surface area contributed by atoms with Crippen molar-refractivity contribution in [2.45, 2.75) is 30.2 Å². The predicted octanol–water partition coefficient (Wildman–Crippen LogP) is 2.37. The van der Waals surface area contributed by atoms with Gasteiger partial charge in [0.15, 0.2) is 0 Å². The van der Waals surface area contributed by atoms with Crippen molar-refractivity contribution in [3.8, 4) is 0 Å². The summed E-state index contributed by atoms with van der Waals surface area (Å²) in [6.07, 6.45) is 2.09. The lowest BCUT2D eigenvalue weighted by molar-refractivity contribution is 0.0897. The molecule has 27 heavy (non-hydrogen) atoms. The number of hydrogen-bond acceptors (Lipinski definition) is 4. The molecule has 0 radical (unpaired) electrons. The number of nitrogens with two attached hydrogens (primary N) is 1. The standard InChI is InChI=1S/C20H25N3O3S/c1-20(14-21,16-11-12-16)22-19(24)15-7-6-10-18(13-15)27(25,26)23(2)17-8-4-3-5-9-17/h3-10,13,16H,11-12,14,21H2,1-2H3,(H,22,24). The van der Waals surface area contributed by atoms with Crippen molar-refractivity contribution >= 4 is 21.6 Å². The molecule has 6 nitrogen and oxygen atoms in total. The summed E-state index contributed by atoms with van der Waals surface area (Å²) in [5.41, 5.74) is 6.25. The highest BCUT2D eigenvalue weighted by Gasteiger charge is 2.41. The molecule has 2 aromatic carbocycles. The number of benzene rings is 2. The second-order valence-electron chi connectivity index (χ2n) is 7.19. The van der Waals surface area contributed by atoms with Crippen LogP contribution in [0.15, 0.2) is 59.5 Å². The van der Waals surface area contributed by atoms with Crippen LogP contribution in [0.25, 0.3) is 0 Å². The number of sulfonamides is 1. The molecule has 0 aliphatic heterocycles. The second-order valence-corrected chi connectivity index (χ2v) is 9.16. The molecule has 7 heteroatoms. The Bertz CT molecular complexity index is 926. The molecule has 0 heterocycles. The molecule has 1 aliphatic carbocycles. The summed E-state index contributed by atoms with van der Waals surface area (Å²) in [7, 11) is -2.28. The molecule has 2 aromatic rings. The number of carbonyl (C=O) groups is 1.